The normalized spacial score (nSPS) is 12.4. The van der Waals surface area contributed by atoms with Crippen LogP contribution < -0.4 is 0 Å². The molecule has 0 fully saturated rings. The fourth-order valence-electron chi connectivity index (χ4n) is 1.60. The second kappa shape index (κ2) is 5.98. The molecule has 1 unspecified atom stereocenters. The molecule has 0 spiro atoms. The van der Waals surface area contributed by atoms with Crippen LogP contribution in [-0.2, 0) is 6.42 Å². The number of hydrogen-bond acceptors (Lipinski definition) is 1. The quantitative estimate of drug-likeness (QED) is 0.674. The number of pyridine rings is 1. The van der Waals surface area contributed by atoms with Crippen molar-refractivity contribution in [1.82, 2.24) is 4.98 Å². The van der Waals surface area contributed by atoms with Crippen LogP contribution in [0.3, 0.4) is 0 Å². The molecule has 1 aromatic heterocycles. The molecule has 1 nitrogen and oxygen atoms in total. The Morgan fingerprint density at radius 3 is 2.59 bits per heavy atom. The Kier molecular flexibility index (Phi) is 4.60. The lowest BCUT2D eigenvalue weighted by Gasteiger charge is -2.12. The summed E-state index contributed by atoms with van der Waals surface area (Å²) in [5, 5.41) is 0.767. The number of alkyl halides is 1. The zero-order chi connectivity index (χ0) is 12.3. The summed E-state index contributed by atoms with van der Waals surface area (Å²) in [6.07, 6.45) is 4.49. The molecule has 4 heteroatoms. The summed E-state index contributed by atoms with van der Waals surface area (Å²) in [4.78, 5) is 4.21. The Morgan fingerprint density at radius 1 is 1.18 bits per heavy atom. The zero-order valence-corrected chi connectivity index (χ0v) is 12.8. The average molecular weight is 375 g/mol. The first-order valence-electron chi connectivity index (χ1n) is 5.15. The molecule has 0 saturated heterocycles. The molecular formula is C13H10Br2ClN. The number of aromatic nitrogens is 1. The van der Waals surface area contributed by atoms with Crippen molar-refractivity contribution in [2.45, 2.75) is 11.2 Å². The second-order valence-electron chi connectivity index (χ2n) is 3.67. The smallest absolute Gasteiger partial charge is 0.0591 e. The highest BCUT2D eigenvalue weighted by molar-refractivity contribution is 9.10. The van der Waals surface area contributed by atoms with Crippen LogP contribution in [-0.4, -0.2) is 4.98 Å². The van der Waals surface area contributed by atoms with E-state index in [4.69, 9.17) is 11.6 Å². The predicted molar refractivity (Wildman–Crippen MR) is 78.8 cm³/mol. The number of hydrogen-bond donors (Lipinski definition) is 0. The molecule has 88 valence electrons. The molecule has 1 atom stereocenters. The van der Waals surface area contributed by atoms with Crippen LogP contribution in [0.1, 0.15) is 16.0 Å². The van der Waals surface area contributed by atoms with Crippen molar-refractivity contribution in [3.05, 3.63) is 63.3 Å². The first-order valence-corrected chi connectivity index (χ1v) is 7.24. The van der Waals surface area contributed by atoms with E-state index < -0.39 is 0 Å². The molecule has 0 aliphatic carbocycles. The van der Waals surface area contributed by atoms with E-state index in [1.165, 1.54) is 5.56 Å². The van der Waals surface area contributed by atoms with E-state index in [9.17, 15) is 0 Å². The first kappa shape index (κ1) is 13.1. The summed E-state index contributed by atoms with van der Waals surface area (Å²) in [7, 11) is 0. The Labute approximate surface area is 122 Å². The lowest BCUT2D eigenvalue weighted by molar-refractivity contribution is 0.944. The number of nitrogens with zero attached hydrogens (tertiary/aromatic N) is 1. The van der Waals surface area contributed by atoms with Gasteiger partial charge in [-0.1, -0.05) is 39.7 Å². The fraction of sp³-hybridized carbons (Fsp3) is 0.154. The van der Waals surface area contributed by atoms with Gasteiger partial charge in [0.05, 0.1) is 5.02 Å². The van der Waals surface area contributed by atoms with E-state index in [0.29, 0.717) is 0 Å². The molecule has 2 rings (SSSR count). The van der Waals surface area contributed by atoms with Gasteiger partial charge in [0.25, 0.3) is 0 Å². The third-order valence-corrected chi connectivity index (χ3v) is 4.61. The Balaban J connectivity index is 2.20. The Bertz CT molecular complexity index is 502. The van der Waals surface area contributed by atoms with Crippen molar-refractivity contribution in [3.8, 4) is 0 Å². The topological polar surface area (TPSA) is 12.9 Å². The minimum Gasteiger partial charge on any atom is -0.265 e. The minimum absolute atomic E-state index is 0.204. The third kappa shape index (κ3) is 3.30. The van der Waals surface area contributed by atoms with Crippen LogP contribution in [0.25, 0.3) is 0 Å². The monoisotopic (exact) mass is 373 g/mol. The standard InChI is InChI=1S/C13H10Br2ClN/c14-11-3-1-2-10(13(11)16)12(15)8-9-4-6-17-7-5-9/h1-7,12H,8H2. The molecule has 0 aliphatic rings. The molecule has 2 aromatic rings. The Morgan fingerprint density at radius 2 is 1.88 bits per heavy atom. The maximum absolute atomic E-state index is 6.27. The predicted octanol–water partition coefficient (Wildman–Crippen LogP) is 5.18. The van der Waals surface area contributed by atoms with Gasteiger partial charge in [0.2, 0.25) is 0 Å². The van der Waals surface area contributed by atoms with Gasteiger partial charge < -0.3 is 0 Å². The van der Waals surface area contributed by atoms with Gasteiger partial charge in [-0.05, 0) is 51.7 Å². The van der Waals surface area contributed by atoms with Crippen molar-refractivity contribution in [2.24, 2.45) is 0 Å². The van der Waals surface area contributed by atoms with Gasteiger partial charge in [0.1, 0.15) is 0 Å². The van der Waals surface area contributed by atoms with Gasteiger partial charge in [-0.15, -0.1) is 0 Å². The molecule has 0 aliphatic heterocycles. The number of rotatable bonds is 3. The highest BCUT2D eigenvalue weighted by Crippen LogP contribution is 2.35. The minimum atomic E-state index is 0.204. The van der Waals surface area contributed by atoms with Gasteiger partial charge in [0.15, 0.2) is 0 Å². The van der Waals surface area contributed by atoms with Crippen LogP contribution in [0, 0.1) is 0 Å². The highest BCUT2D eigenvalue weighted by atomic mass is 79.9. The van der Waals surface area contributed by atoms with Crippen molar-refractivity contribution < 1.29 is 0 Å². The lowest BCUT2D eigenvalue weighted by Crippen LogP contribution is -1.96. The molecule has 0 bridgehead atoms. The van der Waals surface area contributed by atoms with Crippen molar-refractivity contribution in [1.29, 1.82) is 0 Å². The number of benzene rings is 1. The lowest BCUT2D eigenvalue weighted by atomic mass is 10.1. The summed E-state index contributed by atoms with van der Waals surface area (Å²) < 4.78 is 0.927. The molecule has 0 amide bonds. The maximum atomic E-state index is 6.27. The van der Waals surface area contributed by atoms with Crippen LogP contribution in [0.15, 0.2) is 47.2 Å². The van der Waals surface area contributed by atoms with Crippen molar-refractivity contribution in [3.63, 3.8) is 0 Å². The van der Waals surface area contributed by atoms with Crippen LogP contribution >= 0.6 is 43.5 Å². The molecular weight excluding hydrogens is 365 g/mol. The molecule has 0 saturated carbocycles. The van der Waals surface area contributed by atoms with E-state index in [2.05, 4.69) is 36.8 Å². The maximum Gasteiger partial charge on any atom is 0.0591 e. The summed E-state index contributed by atoms with van der Waals surface area (Å²) in [6, 6.07) is 10.00. The van der Waals surface area contributed by atoms with E-state index in [-0.39, 0.29) is 4.83 Å². The van der Waals surface area contributed by atoms with Gasteiger partial charge in [0, 0.05) is 21.7 Å². The van der Waals surface area contributed by atoms with Gasteiger partial charge >= 0.3 is 0 Å². The van der Waals surface area contributed by atoms with Gasteiger partial charge in [-0.3, -0.25) is 4.98 Å². The second-order valence-corrected chi connectivity index (χ2v) is 6.01. The molecule has 1 heterocycles. The average Bonchev–Trinajstić information content (AvgIpc) is 2.34. The summed E-state index contributed by atoms with van der Waals surface area (Å²) in [5.41, 5.74) is 2.33. The fourth-order valence-corrected chi connectivity index (χ4v) is 3.12. The first-order chi connectivity index (χ1) is 8.18. The molecule has 1 aromatic carbocycles. The van der Waals surface area contributed by atoms with Crippen molar-refractivity contribution >= 4 is 43.5 Å². The largest absolute Gasteiger partial charge is 0.265 e. The highest BCUT2D eigenvalue weighted by Gasteiger charge is 2.13. The van der Waals surface area contributed by atoms with Gasteiger partial charge in [-0.2, -0.15) is 0 Å². The van der Waals surface area contributed by atoms with Crippen molar-refractivity contribution in [2.75, 3.05) is 0 Å². The zero-order valence-electron chi connectivity index (χ0n) is 8.91. The molecule has 17 heavy (non-hydrogen) atoms. The van der Waals surface area contributed by atoms with Gasteiger partial charge in [-0.25, -0.2) is 0 Å². The SMILES string of the molecule is Clc1c(Br)cccc1C(Br)Cc1ccncc1. The van der Waals surface area contributed by atoms with E-state index in [1.807, 2.05) is 30.3 Å². The number of halogens is 3. The Hall–Kier alpha value is -0.380. The van der Waals surface area contributed by atoms with Crippen LogP contribution in [0.2, 0.25) is 5.02 Å². The summed E-state index contributed by atoms with van der Waals surface area (Å²) in [6.45, 7) is 0. The summed E-state index contributed by atoms with van der Waals surface area (Å²) in [5.74, 6) is 0. The molecule has 0 N–H and O–H groups in total. The van der Waals surface area contributed by atoms with E-state index in [1.54, 1.807) is 12.4 Å². The van der Waals surface area contributed by atoms with E-state index in [0.717, 1.165) is 21.5 Å². The van der Waals surface area contributed by atoms with E-state index >= 15 is 0 Å². The van der Waals surface area contributed by atoms with Crippen LogP contribution in [0.4, 0.5) is 0 Å². The summed E-state index contributed by atoms with van der Waals surface area (Å²) >= 11 is 13.4. The third-order valence-electron chi connectivity index (χ3n) is 2.48. The van der Waals surface area contributed by atoms with Crippen LogP contribution in [0.5, 0.6) is 0 Å². The molecule has 0 radical (unpaired) electrons.